The molecule has 4 aliphatic carbocycles. The number of nitrogens with zero attached hydrogens (tertiary/aromatic N) is 2. The molecule has 2 aromatic carbocycles. The van der Waals surface area contributed by atoms with Gasteiger partial charge >= 0.3 is 0 Å². The Labute approximate surface area is 229 Å². The van der Waals surface area contributed by atoms with Gasteiger partial charge in [0.05, 0.1) is 16.4 Å². The number of nitrogens with one attached hydrogen (secondary N) is 3. The van der Waals surface area contributed by atoms with Crippen molar-refractivity contribution in [2.45, 2.75) is 42.8 Å². The standard InChI is InChI=1S/C30H28BrN5O2/c31-30-15-18-11-19(16-30)14-29(13-18,17-30)28(38)33-22-7-4-20(5-8-22)26-34-23-9-6-21(12-24(23)35-26)27(37)36-25-3-1-2-10-32-25/h1-10,12,18-19H,11,13-17H2,(H,33,38)(H,34,35)(H,32,36,37)/t18-,19+,29?,30?. The van der Waals surface area contributed by atoms with Crippen molar-refractivity contribution in [1.82, 2.24) is 15.0 Å². The average molecular weight is 570 g/mol. The van der Waals surface area contributed by atoms with Gasteiger partial charge in [0.15, 0.2) is 0 Å². The lowest BCUT2D eigenvalue weighted by atomic mass is 9.49. The van der Waals surface area contributed by atoms with Crippen LogP contribution in [0, 0.1) is 17.3 Å². The zero-order valence-corrected chi connectivity index (χ0v) is 22.4. The highest BCUT2D eigenvalue weighted by atomic mass is 79.9. The zero-order chi connectivity index (χ0) is 25.9. The molecular weight excluding hydrogens is 542 g/mol. The van der Waals surface area contributed by atoms with E-state index >= 15 is 0 Å². The minimum atomic E-state index is -0.244. The zero-order valence-electron chi connectivity index (χ0n) is 20.8. The first-order valence-corrected chi connectivity index (χ1v) is 14.0. The Bertz CT molecular complexity index is 1530. The Hall–Kier alpha value is -3.52. The van der Waals surface area contributed by atoms with Crippen molar-refractivity contribution in [1.29, 1.82) is 0 Å². The molecule has 3 N–H and O–H groups in total. The summed E-state index contributed by atoms with van der Waals surface area (Å²) in [7, 11) is 0. The summed E-state index contributed by atoms with van der Waals surface area (Å²) in [6, 6.07) is 18.6. The van der Waals surface area contributed by atoms with Crippen LogP contribution in [0.25, 0.3) is 22.4 Å². The summed E-state index contributed by atoms with van der Waals surface area (Å²) < 4.78 is 0.151. The van der Waals surface area contributed by atoms with E-state index in [2.05, 4.69) is 36.5 Å². The van der Waals surface area contributed by atoms with Crippen LogP contribution in [-0.2, 0) is 4.79 Å². The second-order valence-corrected chi connectivity index (χ2v) is 13.1. The summed E-state index contributed by atoms with van der Waals surface area (Å²) in [6.07, 6.45) is 8.31. The van der Waals surface area contributed by atoms with E-state index in [0.29, 0.717) is 29.0 Å². The summed E-state index contributed by atoms with van der Waals surface area (Å²) in [5.41, 5.74) is 3.54. The first-order valence-electron chi connectivity index (χ1n) is 13.2. The lowest BCUT2D eigenvalue weighted by molar-refractivity contribution is -0.138. The maximum Gasteiger partial charge on any atom is 0.256 e. The molecule has 38 heavy (non-hydrogen) atoms. The van der Waals surface area contributed by atoms with E-state index in [4.69, 9.17) is 4.98 Å². The molecule has 192 valence electrons. The van der Waals surface area contributed by atoms with E-state index in [1.807, 2.05) is 36.4 Å². The first kappa shape index (κ1) is 23.6. The highest BCUT2D eigenvalue weighted by molar-refractivity contribution is 9.10. The van der Waals surface area contributed by atoms with Crippen molar-refractivity contribution in [3.05, 3.63) is 72.4 Å². The van der Waals surface area contributed by atoms with Gasteiger partial charge in [-0.05, 0) is 105 Å². The highest BCUT2D eigenvalue weighted by Crippen LogP contribution is 2.64. The van der Waals surface area contributed by atoms with Gasteiger partial charge in [0, 0.05) is 27.3 Å². The second-order valence-electron chi connectivity index (χ2n) is 11.4. The molecule has 2 aromatic heterocycles. The number of carbonyl (C=O) groups is 2. The number of aromatic amines is 1. The third-order valence-electron chi connectivity index (χ3n) is 8.54. The number of fused-ring (bicyclic) bond motifs is 1. The summed E-state index contributed by atoms with van der Waals surface area (Å²) in [5.74, 6) is 2.49. The van der Waals surface area contributed by atoms with Gasteiger partial charge in [0.1, 0.15) is 11.6 Å². The molecule has 4 aromatic rings. The topological polar surface area (TPSA) is 99.8 Å². The molecular formula is C30H28BrN5O2. The number of alkyl halides is 1. The van der Waals surface area contributed by atoms with Crippen LogP contribution in [0.1, 0.15) is 48.9 Å². The van der Waals surface area contributed by atoms with Crippen LogP contribution in [-0.4, -0.2) is 31.1 Å². The Kier molecular flexibility index (Phi) is 5.44. The monoisotopic (exact) mass is 569 g/mol. The van der Waals surface area contributed by atoms with Gasteiger partial charge < -0.3 is 15.6 Å². The van der Waals surface area contributed by atoms with Gasteiger partial charge in [0.2, 0.25) is 5.91 Å². The number of benzene rings is 2. The molecule has 0 spiro atoms. The molecule has 2 unspecified atom stereocenters. The molecule has 4 fully saturated rings. The number of carbonyl (C=O) groups excluding carboxylic acids is 2. The van der Waals surface area contributed by atoms with Gasteiger partial charge in [-0.15, -0.1) is 0 Å². The predicted molar refractivity (Wildman–Crippen MR) is 151 cm³/mol. The Morgan fingerprint density at radius 3 is 2.45 bits per heavy atom. The quantitative estimate of drug-likeness (QED) is 0.237. The van der Waals surface area contributed by atoms with Gasteiger partial charge in [-0.2, -0.15) is 0 Å². The minimum absolute atomic E-state index is 0.151. The fraction of sp³-hybridized carbons (Fsp3) is 0.333. The van der Waals surface area contributed by atoms with Gasteiger partial charge in [-0.25, -0.2) is 9.97 Å². The molecule has 2 amide bonds. The van der Waals surface area contributed by atoms with Crippen LogP contribution < -0.4 is 10.6 Å². The van der Waals surface area contributed by atoms with E-state index in [-0.39, 0.29) is 21.6 Å². The fourth-order valence-electron chi connectivity index (χ4n) is 7.30. The number of H-pyrrole nitrogens is 1. The number of aromatic nitrogens is 3. The molecule has 4 saturated carbocycles. The largest absolute Gasteiger partial charge is 0.338 e. The smallest absolute Gasteiger partial charge is 0.256 e. The summed E-state index contributed by atoms with van der Waals surface area (Å²) in [4.78, 5) is 38.3. The van der Waals surface area contributed by atoms with Crippen molar-refractivity contribution in [3.63, 3.8) is 0 Å². The number of hydrogen-bond acceptors (Lipinski definition) is 4. The van der Waals surface area contributed by atoms with E-state index in [9.17, 15) is 9.59 Å². The fourth-order valence-corrected chi connectivity index (χ4v) is 8.76. The number of imidazole rings is 1. The van der Waals surface area contributed by atoms with Gasteiger partial charge in [-0.1, -0.05) is 22.0 Å². The van der Waals surface area contributed by atoms with Crippen molar-refractivity contribution in [3.8, 4) is 11.4 Å². The molecule has 7 nitrogen and oxygen atoms in total. The lowest BCUT2D eigenvalue weighted by Gasteiger charge is -2.59. The highest BCUT2D eigenvalue weighted by Gasteiger charge is 2.59. The van der Waals surface area contributed by atoms with Crippen LogP contribution in [0.5, 0.6) is 0 Å². The SMILES string of the molecule is O=C(Nc1ccccn1)c1ccc2nc(-c3ccc(NC(=O)C45C[C@@H]6C[C@@H](CC(Br)(C6)C4)C5)cc3)[nH]c2c1. The average Bonchev–Trinajstić information content (AvgIpc) is 3.32. The minimum Gasteiger partial charge on any atom is -0.338 e. The summed E-state index contributed by atoms with van der Waals surface area (Å²) >= 11 is 4.01. The van der Waals surface area contributed by atoms with Gasteiger partial charge in [-0.3, -0.25) is 9.59 Å². The Morgan fingerprint density at radius 1 is 0.947 bits per heavy atom. The number of halogens is 1. The third-order valence-corrected chi connectivity index (χ3v) is 9.47. The number of hydrogen-bond donors (Lipinski definition) is 3. The van der Waals surface area contributed by atoms with Gasteiger partial charge in [0.25, 0.3) is 5.91 Å². The first-order chi connectivity index (χ1) is 18.4. The molecule has 8 heteroatoms. The summed E-state index contributed by atoms with van der Waals surface area (Å²) in [6.45, 7) is 0. The van der Waals surface area contributed by atoms with E-state index in [1.54, 1.807) is 30.5 Å². The van der Waals surface area contributed by atoms with Crippen LogP contribution >= 0.6 is 15.9 Å². The number of anilines is 2. The molecule has 0 aliphatic heterocycles. The van der Waals surface area contributed by atoms with E-state index in [0.717, 1.165) is 41.5 Å². The molecule has 2 heterocycles. The van der Waals surface area contributed by atoms with Crippen LogP contribution in [0.15, 0.2) is 66.9 Å². The van der Waals surface area contributed by atoms with Crippen molar-refractivity contribution in [2.75, 3.05) is 10.6 Å². The number of amides is 2. The molecule has 4 bridgehead atoms. The second kappa shape index (κ2) is 8.76. The molecule has 4 aliphatic rings. The Balaban J connectivity index is 1.06. The lowest BCUT2D eigenvalue weighted by Crippen LogP contribution is -2.57. The van der Waals surface area contributed by atoms with Crippen LogP contribution in [0.4, 0.5) is 11.5 Å². The van der Waals surface area contributed by atoms with Crippen LogP contribution in [0.2, 0.25) is 0 Å². The maximum atomic E-state index is 13.5. The van der Waals surface area contributed by atoms with E-state index < -0.39 is 0 Å². The Morgan fingerprint density at radius 2 is 1.74 bits per heavy atom. The van der Waals surface area contributed by atoms with Crippen molar-refractivity contribution >= 4 is 50.3 Å². The third kappa shape index (κ3) is 4.21. The summed E-state index contributed by atoms with van der Waals surface area (Å²) in [5, 5.41) is 6.03. The maximum absolute atomic E-state index is 13.5. The molecule has 8 rings (SSSR count). The van der Waals surface area contributed by atoms with Crippen molar-refractivity contribution in [2.24, 2.45) is 17.3 Å². The normalized spacial score (nSPS) is 27.4. The van der Waals surface area contributed by atoms with E-state index in [1.165, 1.54) is 19.3 Å². The predicted octanol–water partition coefficient (Wildman–Crippen LogP) is 6.55. The van der Waals surface area contributed by atoms with Crippen LogP contribution in [0.3, 0.4) is 0 Å². The molecule has 0 saturated heterocycles. The molecule has 4 atom stereocenters. The number of pyridine rings is 1. The van der Waals surface area contributed by atoms with Crippen molar-refractivity contribution < 1.29 is 9.59 Å². The molecule has 0 radical (unpaired) electrons. The number of rotatable bonds is 5.